The molecule has 1 aliphatic heterocycles. The van der Waals surface area contributed by atoms with Gasteiger partial charge in [0.2, 0.25) is 0 Å². The number of aliphatic hydroxyl groups is 4. The van der Waals surface area contributed by atoms with Crippen molar-refractivity contribution in [3.05, 3.63) is 42.0 Å². The van der Waals surface area contributed by atoms with Crippen LogP contribution in [0.15, 0.2) is 30.9 Å². The molecular formula is C26H38O7. The van der Waals surface area contributed by atoms with E-state index in [0.29, 0.717) is 24.4 Å². The summed E-state index contributed by atoms with van der Waals surface area (Å²) in [5.41, 5.74) is 2.66. The molecule has 1 aromatic carbocycles. The monoisotopic (exact) mass is 462 g/mol. The third-order valence-corrected chi connectivity index (χ3v) is 8.30. The average molecular weight is 463 g/mol. The highest BCUT2D eigenvalue weighted by molar-refractivity contribution is 5.40. The van der Waals surface area contributed by atoms with Crippen LogP contribution in [-0.4, -0.2) is 71.5 Å². The van der Waals surface area contributed by atoms with Gasteiger partial charge in [0.1, 0.15) is 30.2 Å². The van der Waals surface area contributed by atoms with Crippen LogP contribution in [0.1, 0.15) is 49.7 Å². The topological polar surface area (TPSA) is 109 Å². The van der Waals surface area contributed by atoms with Gasteiger partial charge in [-0.25, -0.2) is 0 Å². The lowest BCUT2D eigenvalue weighted by atomic mass is 9.54. The largest absolute Gasteiger partial charge is 0.497 e. The molecule has 184 valence electrons. The van der Waals surface area contributed by atoms with E-state index in [1.165, 1.54) is 11.1 Å². The van der Waals surface area contributed by atoms with E-state index >= 15 is 0 Å². The molecule has 1 aromatic rings. The van der Waals surface area contributed by atoms with Crippen molar-refractivity contribution in [3.8, 4) is 5.75 Å². The Morgan fingerprint density at radius 3 is 2.67 bits per heavy atom. The number of allylic oxidation sites excluding steroid dienone is 1. The number of aliphatic hydroxyl groups excluding tert-OH is 4. The maximum Gasteiger partial charge on any atom is 0.186 e. The molecule has 33 heavy (non-hydrogen) atoms. The Bertz CT molecular complexity index is 827. The fourth-order valence-electron chi connectivity index (χ4n) is 6.38. The quantitative estimate of drug-likeness (QED) is 0.460. The van der Waals surface area contributed by atoms with E-state index < -0.39 is 37.3 Å². The maximum atomic E-state index is 10.4. The third kappa shape index (κ3) is 4.59. The van der Waals surface area contributed by atoms with Gasteiger partial charge in [0, 0.05) is 0 Å². The van der Waals surface area contributed by atoms with Crippen molar-refractivity contribution >= 4 is 0 Å². The van der Waals surface area contributed by atoms with Gasteiger partial charge in [-0.3, -0.25) is 0 Å². The van der Waals surface area contributed by atoms with Crippen LogP contribution in [0.25, 0.3) is 0 Å². The van der Waals surface area contributed by atoms with Crippen LogP contribution < -0.4 is 4.74 Å². The molecule has 0 bridgehead atoms. The van der Waals surface area contributed by atoms with Gasteiger partial charge in [0.25, 0.3) is 0 Å². The smallest absolute Gasteiger partial charge is 0.186 e. The number of benzene rings is 1. The van der Waals surface area contributed by atoms with Crippen LogP contribution in [0, 0.1) is 17.3 Å². The molecule has 1 saturated heterocycles. The normalized spacial score (nSPS) is 40.5. The second-order valence-corrected chi connectivity index (χ2v) is 10.2. The summed E-state index contributed by atoms with van der Waals surface area (Å²) in [4.78, 5) is 0. The summed E-state index contributed by atoms with van der Waals surface area (Å²) in [6.45, 7) is 6.13. The Balaban J connectivity index is 1.50. The molecule has 2 aliphatic carbocycles. The van der Waals surface area contributed by atoms with Crippen LogP contribution in [0.4, 0.5) is 0 Å². The van der Waals surface area contributed by atoms with Gasteiger partial charge in [0.15, 0.2) is 6.29 Å². The zero-order valence-corrected chi connectivity index (χ0v) is 19.6. The van der Waals surface area contributed by atoms with Gasteiger partial charge in [0.05, 0.1) is 20.3 Å². The second-order valence-electron chi connectivity index (χ2n) is 10.2. The van der Waals surface area contributed by atoms with Crippen LogP contribution >= 0.6 is 0 Å². The van der Waals surface area contributed by atoms with Crippen LogP contribution in [-0.2, 0) is 15.9 Å². The van der Waals surface area contributed by atoms with E-state index in [-0.39, 0.29) is 5.41 Å². The number of methoxy groups -OCH3 is 1. The Morgan fingerprint density at radius 1 is 1.18 bits per heavy atom. The number of fused-ring (bicyclic) bond motifs is 3. The number of rotatable bonds is 7. The highest BCUT2D eigenvalue weighted by Crippen LogP contribution is 2.56. The lowest BCUT2D eigenvalue weighted by Gasteiger charge is -2.52. The molecule has 3 aliphatic rings. The van der Waals surface area contributed by atoms with Crippen LogP contribution in [0.5, 0.6) is 5.75 Å². The van der Waals surface area contributed by atoms with Crippen molar-refractivity contribution in [2.45, 2.75) is 75.7 Å². The van der Waals surface area contributed by atoms with Gasteiger partial charge in [-0.1, -0.05) is 19.1 Å². The van der Waals surface area contributed by atoms with Crippen LogP contribution in [0.3, 0.4) is 0 Å². The van der Waals surface area contributed by atoms with Crippen molar-refractivity contribution in [1.82, 2.24) is 0 Å². The van der Waals surface area contributed by atoms with Crippen molar-refractivity contribution in [2.24, 2.45) is 17.3 Å². The molecule has 0 spiro atoms. The minimum atomic E-state index is -1.43. The van der Waals surface area contributed by atoms with Gasteiger partial charge < -0.3 is 34.6 Å². The molecule has 1 saturated carbocycles. The fourth-order valence-corrected chi connectivity index (χ4v) is 6.38. The first-order valence-corrected chi connectivity index (χ1v) is 12.0. The number of aryl methyl sites for hydroxylation is 1. The third-order valence-electron chi connectivity index (χ3n) is 8.30. The number of ether oxygens (including phenoxy) is 3. The minimum absolute atomic E-state index is 0.155. The van der Waals surface area contributed by atoms with E-state index in [4.69, 9.17) is 14.2 Å². The van der Waals surface area contributed by atoms with E-state index in [9.17, 15) is 20.4 Å². The SMILES string of the molecule is C=CC[C@H]1[C@@H]2CCc3cc(OC)ccc3[C@H]2CC[C@]1(C)CO[C@H]1O[C@H](CO)[C@@H](O)[C@H](O)[C@@H]1O. The highest BCUT2D eigenvalue weighted by Gasteiger charge is 2.49. The summed E-state index contributed by atoms with van der Waals surface area (Å²) in [7, 11) is 1.70. The summed E-state index contributed by atoms with van der Waals surface area (Å²) in [5, 5.41) is 40.0. The van der Waals surface area contributed by atoms with Crippen molar-refractivity contribution in [1.29, 1.82) is 0 Å². The van der Waals surface area contributed by atoms with E-state index in [0.717, 1.165) is 37.9 Å². The summed E-state index contributed by atoms with van der Waals surface area (Å²) in [6.07, 6.45) is 0.727. The lowest BCUT2D eigenvalue weighted by Crippen LogP contribution is -2.59. The number of hydrogen-bond acceptors (Lipinski definition) is 7. The Kier molecular flexibility index (Phi) is 7.48. The lowest BCUT2D eigenvalue weighted by molar-refractivity contribution is -0.308. The van der Waals surface area contributed by atoms with Gasteiger partial charge >= 0.3 is 0 Å². The molecule has 7 heteroatoms. The average Bonchev–Trinajstić information content (AvgIpc) is 2.83. The zero-order chi connectivity index (χ0) is 23.8. The summed E-state index contributed by atoms with van der Waals surface area (Å²) in [5.74, 6) is 2.25. The molecule has 4 rings (SSSR count). The summed E-state index contributed by atoms with van der Waals surface area (Å²) < 4.78 is 17.0. The fraction of sp³-hybridized carbons (Fsp3) is 0.692. The van der Waals surface area contributed by atoms with Gasteiger partial charge in [-0.2, -0.15) is 0 Å². The maximum absolute atomic E-state index is 10.4. The molecule has 9 atom stereocenters. The first-order chi connectivity index (χ1) is 15.8. The molecule has 0 unspecified atom stereocenters. The predicted molar refractivity (Wildman–Crippen MR) is 123 cm³/mol. The summed E-state index contributed by atoms with van der Waals surface area (Å²) >= 11 is 0. The number of hydrogen-bond donors (Lipinski definition) is 4. The Labute approximate surface area is 196 Å². The molecule has 0 radical (unpaired) electrons. The van der Waals surface area contributed by atoms with Crippen LogP contribution in [0.2, 0.25) is 0 Å². The Morgan fingerprint density at radius 2 is 1.97 bits per heavy atom. The highest BCUT2D eigenvalue weighted by atomic mass is 16.7. The molecule has 2 fully saturated rings. The molecule has 1 heterocycles. The minimum Gasteiger partial charge on any atom is -0.497 e. The van der Waals surface area contributed by atoms with E-state index in [1.54, 1.807) is 7.11 Å². The standard InChI is InChI=1S/C26H38O7/c1-4-5-20-19-8-6-15-12-16(31-3)7-9-17(15)18(19)10-11-26(20,2)14-32-25-24(30)23(29)22(28)21(13-27)33-25/h4,7,9,12,18-25,27-30H,1,5-6,8,10-11,13-14H2,2-3H3/t18-,19-,20+,21-,22-,23+,24+,25+,26-/m1/s1. The van der Waals surface area contributed by atoms with E-state index in [2.05, 4.69) is 31.7 Å². The molecular weight excluding hydrogens is 424 g/mol. The molecule has 0 amide bonds. The van der Waals surface area contributed by atoms with Crippen molar-refractivity contribution in [3.63, 3.8) is 0 Å². The first-order valence-electron chi connectivity index (χ1n) is 12.0. The molecule has 7 nitrogen and oxygen atoms in total. The molecule has 4 N–H and O–H groups in total. The van der Waals surface area contributed by atoms with Gasteiger partial charge in [-0.15, -0.1) is 6.58 Å². The first kappa shape index (κ1) is 24.6. The van der Waals surface area contributed by atoms with E-state index in [1.807, 2.05) is 6.08 Å². The predicted octanol–water partition coefficient (Wildman–Crippen LogP) is 2.15. The zero-order valence-electron chi connectivity index (χ0n) is 19.6. The summed E-state index contributed by atoms with van der Waals surface area (Å²) in [6, 6.07) is 6.45. The second kappa shape index (κ2) is 10.0. The van der Waals surface area contributed by atoms with Crippen molar-refractivity contribution < 1.29 is 34.6 Å². The Hall–Kier alpha value is -1.48. The van der Waals surface area contributed by atoms with Gasteiger partial charge in [-0.05, 0) is 78.5 Å². The van der Waals surface area contributed by atoms with Crippen molar-refractivity contribution in [2.75, 3.05) is 20.3 Å². The molecule has 0 aromatic heterocycles.